The Balaban J connectivity index is 2.13. The third-order valence-electron chi connectivity index (χ3n) is 2.92. The molecule has 8 heteroatoms. The smallest absolute Gasteiger partial charge is 0.356 e. The molecule has 0 aromatic carbocycles. The summed E-state index contributed by atoms with van der Waals surface area (Å²) in [5, 5.41) is 9.01. The molecule has 1 aliphatic rings. The topological polar surface area (TPSA) is 80.0 Å². The first-order chi connectivity index (χ1) is 9.15. The Morgan fingerprint density at radius 2 is 2.05 bits per heavy atom. The van der Waals surface area contributed by atoms with E-state index in [0.29, 0.717) is 42.4 Å². The number of nitrogens with zero attached hydrogens (tertiary/aromatic N) is 4. The summed E-state index contributed by atoms with van der Waals surface area (Å²) in [6.07, 6.45) is 3.17. The number of carbonyl (C=O) groups is 1. The molecule has 0 unspecified atom stereocenters. The summed E-state index contributed by atoms with van der Waals surface area (Å²) >= 11 is 3.33. The van der Waals surface area contributed by atoms with Crippen LogP contribution >= 0.6 is 15.9 Å². The number of aromatic carboxylic acids is 1. The van der Waals surface area contributed by atoms with Crippen molar-refractivity contribution in [3.63, 3.8) is 0 Å². The largest absolute Gasteiger partial charge is 0.476 e. The summed E-state index contributed by atoms with van der Waals surface area (Å²) in [5.41, 5.74) is 0.553. The van der Waals surface area contributed by atoms with Crippen LogP contribution in [0.2, 0.25) is 0 Å². The van der Waals surface area contributed by atoms with E-state index in [2.05, 4.69) is 25.9 Å². The third kappa shape index (κ3) is 2.28. The molecule has 3 rings (SSSR count). The van der Waals surface area contributed by atoms with Crippen molar-refractivity contribution in [1.82, 2.24) is 14.4 Å². The molecule has 0 amide bonds. The van der Waals surface area contributed by atoms with Crippen molar-refractivity contribution in [2.45, 2.75) is 0 Å². The van der Waals surface area contributed by atoms with Gasteiger partial charge in [-0.05, 0) is 15.9 Å². The number of hydrogen-bond donors (Lipinski definition) is 1. The molecular formula is C11H11BrN4O3. The molecule has 0 aliphatic carbocycles. The normalized spacial score (nSPS) is 15.9. The third-order valence-corrected chi connectivity index (χ3v) is 3.30. The van der Waals surface area contributed by atoms with Gasteiger partial charge in [-0.2, -0.15) is 0 Å². The van der Waals surface area contributed by atoms with Crippen molar-refractivity contribution >= 4 is 33.4 Å². The van der Waals surface area contributed by atoms with Crippen LogP contribution in [0.5, 0.6) is 0 Å². The summed E-state index contributed by atoms with van der Waals surface area (Å²) in [6.45, 7) is 2.70. The van der Waals surface area contributed by atoms with Gasteiger partial charge in [0.1, 0.15) is 4.60 Å². The van der Waals surface area contributed by atoms with Gasteiger partial charge in [0.15, 0.2) is 17.2 Å². The summed E-state index contributed by atoms with van der Waals surface area (Å²) in [7, 11) is 0. The lowest BCUT2D eigenvalue weighted by Crippen LogP contribution is -2.37. The maximum atomic E-state index is 11.0. The van der Waals surface area contributed by atoms with Crippen molar-refractivity contribution < 1.29 is 14.6 Å². The highest BCUT2D eigenvalue weighted by Gasteiger charge is 2.19. The second kappa shape index (κ2) is 4.78. The highest BCUT2D eigenvalue weighted by atomic mass is 79.9. The van der Waals surface area contributed by atoms with Gasteiger partial charge in [-0.1, -0.05) is 0 Å². The predicted octanol–water partition coefficient (Wildman–Crippen LogP) is 1.03. The Morgan fingerprint density at radius 3 is 2.74 bits per heavy atom. The average molecular weight is 327 g/mol. The van der Waals surface area contributed by atoms with E-state index in [4.69, 9.17) is 9.84 Å². The molecule has 0 atom stereocenters. The maximum Gasteiger partial charge on any atom is 0.356 e. The van der Waals surface area contributed by atoms with Gasteiger partial charge in [-0.15, -0.1) is 0 Å². The SMILES string of the molecule is O=C(O)c1cn2cc(Br)nc(N3CCOCC3)c2n1. The highest BCUT2D eigenvalue weighted by molar-refractivity contribution is 9.10. The summed E-state index contributed by atoms with van der Waals surface area (Å²) in [6, 6.07) is 0. The van der Waals surface area contributed by atoms with E-state index in [1.165, 1.54) is 6.20 Å². The summed E-state index contributed by atoms with van der Waals surface area (Å²) < 4.78 is 7.61. The Labute approximate surface area is 117 Å². The van der Waals surface area contributed by atoms with Crippen molar-refractivity contribution in [3.05, 3.63) is 22.7 Å². The van der Waals surface area contributed by atoms with Gasteiger partial charge in [-0.25, -0.2) is 14.8 Å². The number of carboxylic acids is 1. The minimum Gasteiger partial charge on any atom is -0.476 e. The van der Waals surface area contributed by atoms with Crippen molar-refractivity contribution in [1.29, 1.82) is 0 Å². The second-order valence-corrected chi connectivity index (χ2v) is 4.96. The number of carboxylic acid groups (broad SMARTS) is 1. The van der Waals surface area contributed by atoms with Crippen LogP contribution in [0.1, 0.15) is 10.5 Å². The van der Waals surface area contributed by atoms with E-state index < -0.39 is 5.97 Å². The Hall–Kier alpha value is -1.67. The maximum absolute atomic E-state index is 11.0. The number of rotatable bonds is 2. The van der Waals surface area contributed by atoms with E-state index in [1.807, 2.05) is 4.90 Å². The van der Waals surface area contributed by atoms with E-state index in [9.17, 15) is 4.79 Å². The van der Waals surface area contributed by atoms with Crippen molar-refractivity contribution in [2.24, 2.45) is 0 Å². The standard InChI is InChI=1S/C11H11BrN4O3/c12-8-6-16-5-7(11(17)18)13-9(16)10(14-8)15-1-3-19-4-2-15/h5-6H,1-4H2,(H,17,18). The molecule has 7 nitrogen and oxygen atoms in total. The molecule has 0 saturated carbocycles. The molecule has 0 bridgehead atoms. The Morgan fingerprint density at radius 1 is 1.32 bits per heavy atom. The van der Waals surface area contributed by atoms with Crippen LogP contribution in [-0.4, -0.2) is 51.7 Å². The molecule has 3 heterocycles. The fourth-order valence-electron chi connectivity index (χ4n) is 2.04. The Kier molecular flexibility index (Phi) is 3.11. The zero-order valence-electron chi connectivity index (χ0n) is 9.91. The number of fused-ring (bicyclic) bond motifs is 1. The fraction of sp³-hybridized carbons (Fsp3) is 0.364. The lowest BCUT2D eigenvalue weighted by atomic mass is 10.4. The van der Waals surface area contributed by atoms with Crippen LogP contribution in [-0.2, 0) is 4.74 Å². The van der Waals surface area contributed by atoms with Crippen LogP contribution in [0.3, 0.4) is 0 Å². The number of ether oxygens (including phenoxy) is 1. The van der Waals surface area contributed by atoms with E-state index >= 15 is 0 Å². The van der Waals surface area contributed by atoms with Crippen molar-refractivity contribution in [2.75, 3.05) is 31.2 Å². The fourth-order valence-corrected chi connectivity index (χ4v) is 2.43. The van der Waals surface area contributed by atoms with E-state index in [1.54, 1.807) is 10.6 Å². The number of halogens is 1. The zero-order chi connectivity index (χ0) is 13.4. The molecule has 19 heavy (non-hydrogen) atoms. The Bertz CT molecular complexity index is 636. The zero-order valence-corrected chi connectivity index (χ0v) is 11.5. The van der Waals surface area contributed by atoms with Gasteiger partial charge >= 0.3 is 5.97 Å². The van der Waals surface area contributed by atoms with Crippen molar-refractivity contribution in [3.8, 4) is 0 Å². The predicted molar refractivity (Wildman–Crippen MR) is 70.7 cm³/mol. The van der Waals surface area contributed by atoms with Gasteiger partial charge in [-0.3, -0.25) is 0 Å². The molecular weight excluding hydrogens is 316 g/mol. The van der Waals surface area contributed by atoms with Gasteiger partial charge < -0.3 is 19.1 Å². The molecule has 0 radical (unpaired) electrons. The van der Waals surface area contributed by atoms with Gasteiger partial charge in [0.05, 0.1) is 13.2 Å². The number of anilines is 1. The molecule has 1 saturated heterocycles. The molecule has 1 N–H and O–H groups in total. The van der Waals surface area contributed by atoms with Crippen LogP contribution in [0.15, 0.2) is 17.0 Å². The summed E-state index contributed by atoms with van der Waals surface area (Å²) in [4.78, 5) is 21.6. The molecule has 1 aliphatic heterocycles. The molecule has 100 valence electrons. The van der Waals surface area contributed by atoms with Crippen LogP contribution < -0.4 is 4.90 Å². The average Bonchev–Trinajstić information content (AvgIpc) is 2.82. The van der Waals surface area contributed by atoms with Crippen LogP contribution in [0, 0.1) is 0 Å². The quantitative estimate of drug-likeness (QED) is 0.887. The molecule has 0 spiro atoms. The highest BCUT2D eigenvalue weighted by Crippen LogP contribution is 2.22. The van der Waals surface area contributed by atoms with Gasteiger partial charge in [0.2, 0.25) is 0 Å². The van der Waals surface area contributed by atoms with Gasteiger partial charge in [0.25, 0.3) is 0 Å². The first-order valence-electron chi connectivity index (χ1n) is 5.76. The number of hydrogen-bond acceptors (Lipinski definition) is 5. The van der Waals surface area contributed by atoms with E-state index in [0.717, 1.165) is 0 Å². The summed E-state index contributed by atoms with van der Waals surface area (Å²) in [5.74, 6) is -0.377. The van der Waals surface area contributed by atoms with Gasteiger partial charge in [0, 0.05) is 25.5 Å². The lowest BCUT2D eigenvalue weighted by Gasteiger charge is -2.27. The number of morpholine rings is 1. The molecule has 2 aromatic heterocycles. The molecule has 1 fully saturated rings. The number of imidazole rings is 1. The minimum atomic E-state index is -1.05. The number of aromatic nitrogens is 3. The molecule has 2 aromatic rings. The van der Waals surface area contributed by atoms with E-state index in [-0.39, 0.29) is 5.69 Å². The monoisotopic (exact) mass is 326 g/mol. The minimum absolute atomic E-state index is 0.00871. The van der Waals surface area contributed by atoms with Crippen LogP contribution in [0.25, 0.3) is 5.65 Å². The first kappa shape index (κ1) is 12.4. The lowest BCUT2D eigenvalue weighted by molar-refractivity contribution is 0.0691. The first-order valence-corrected chi connectivity index (χ1v) is 6.55. The second-order valence-electron chi connectivity index (χ2n) is 4.15. The van der Waals surface area contributed by atoms with Crippen LogP contribution in [0.4, 0.5) is 5.82 Å².